The van der Waals surface area contributed by atoms with Gasteiger partial charge in [0.15, 0.2) is 0 Å². The van der Waals surface area contributed by atoms with Gasteiger partial charge in [0.2, 0.25) is 0 Å². The number of carbonyl (C=O) groups is 1. The van der Waals surface area contributed by atoms with Crippen molar-refractivity contribution in [3.8, 4) is 0 Å². The predicted molar refractivity (Wildman–Crippen MR) is 75.0 cm³/mol. The van der Waals surface area contributed by atoms with Crippen molar-refractivity contribution in [3.63, 3.8) is 0 Å². The average molecular weight is 272 g/mol. The van der Waals surface area contributed by atoms with Gasteiger partial charge in [-0.25, -0.2) is 4.79 Å². The van der Waals surface area contributed by atoms with Crippen molar-refractivity contribution in [1.29, 1.82) is 0 Å². The first kappa shape index (κ1) is 16.2. The summed E-state index contributed by atoms with van der Waals surface area (Å²) in [7, 11) is 1.55. The Bertz CT molecular complexity index is 273. The van der Waals surface area contributed by atoms with Crippen LogP contribution in [0, 0.1) is 11.8 Å². The van der Waals surface area contributed by atoms with Crippen LogP contribution in [0.3, 0.4) is 0 Å². The van der Waals surface area contributed by atoms with Crippen molar-refractivity contribution in [2.75, 3.05) is 20.3 Å². The Balaban J connectivity index is 2.17. The summed E-state index contributed by atoms with van der Waals surface area (Å²) in [4.78, 5) is 11.7. The summed E-state index contributed by atoms with van der Waals surface area (Å²) in [5.41, 5.74) is 0. The van der Waals surface area contributed by atoms with Crippen molar-refractivity contribution >= 4 is 6.03 Å². The molecule has 0 aromatic rings. The summed E-state index contributed by atoms with van der Waals surface area (Å²) in [5.74, 6) is 1.30. The molecule has 1 aliphatic carbocycles. The molecule has 0 spiro atoms. The van der Waals surface area contributed by atoms with Crippen molar-refractivity contribution < 1.29 is 14.6 Å². The number of aliphatic hydroxyl groups excluding tert-OH is 1. The molecule has 0 saturated heterocycles. The maximum Gasteiger partial charge on any atom is 0.315 e. The minimum Gasteiger partial charge on any atom is -0.391 e. The topological polar surface area (TPSA) is 70.6 Å². The molecule has 1 fully saturated rings. The van der Waals surface area contributed by atoms with Crippen LogP contribution in [0.5, 0.6) is 0 Å². The van der Waals surface area contributed by atoms with E-state index in [1.807, 2.05) is 0 Å². The van der Waals surface area contributed by atoms with Gasteiger partial charge in [0.1, 0.15) is 0 Å². The quantitative estimate of drug-likeness (QED) is 0.686. The van der Waals surface area contributed by atoms with Crippen LogP contribution < -0.4 is 10.6 Å². The Morgan fingerprint density at radius 2 is 2.16 bits per heavy atom. The third-order valence-corrected chi connectivity index (χ3v) is 3.87. The second kappa shape index (κ2) is 8.38. The Labute approximate surface area is 116 Å². The van der Waals surface area contributed by atoms with E-state index in [0.29, 0.717) is 25.5 Å². The molecule has 0 aromatic carbocycles. The summed E-state index contributed by atoms with van der Waals surface area (Å²) in [6, 6.07) is 0.149. The number of hydrogen-bond acceptors (Lipinski definition) is 3. The second-order valence-corrected chi connectivity index (χ2v) is 5.80. The van der Waals surface area contributed by atoms with Crippen molar-refractivity contribution in [3.05, 3.63) is 0 Å². The van der Waals surface area contributed by atoms with E-state index in [9.17, 15) is 9.90 Å². The molecule has 1 saturated carbocycles. The van der Waals surface area contributed by atoms with Crippen LogP contribution in [0.2, 0.25) is 0 Å². The van der Waals surface area contributed by atoms with Gasteiger partial charge in [0, 0.05) is 19.7 Å². The molecule has 4 unspecified atom stereocenters. The summed E-state index contributed by atoms with van der Waals surface area (Å²) in [5, 5.41) is 15.3. The number of rotatable bonds is 6. The summed E-state index contributed by atoms with van der Waals surface area (Å²) >= 11 is 0. The average Bonchev–Trinajstić information content (AvgIpc) is 2.33. The van der Waals surface area contributed by atoms with Crippen LogP contribution in [-0.2, 0) is 4.74 Å². The van der Waals surface area contributed by atoms with Gasteiger partial charge >= 0.3 is 6.03 Å². The van der Waals surface area contributed by atoms with E-state index >= 15 is 0 Å². The number of ether oxygens (including phenoxy) is 1. The number of aliphatic hydroxyl groups is 1. The van der Waals surface area contributed by atoms with Crippen LogP contribution in [-0.4, -0.2) is 43.5 Å². The first-order valence-electron chi connectivity index (χ1n) is 7.24. The van der Waals surface area contributed by atoms with E-state index in [-0.39, 0.29) is 12.1 Å². The highest BCUT2D eigenvalue weighted by molar-refractivity contribution is 5.74. The molecular weight excluding hydrogens is 244 g/mol. The summed E-state index contributed by atoms with van der Waals surface area (Å²) < 4.78 is 4.83. The Morgan fingerprint density at radius 1 is 1.42 bits per heavy atom. The van der Waals surface area contributed by atoms with E-state index < -0.39 is 6.10 Å². The van der Waals surface area contributed by atoms with Gasteiger partial charge in [-0.2, -0.15) is 0 Å². The lowest BCUT2D eigenvalue weighted by Crippen LogP contribution is -2.47. The first-order chi connectivity index (χ1) is 9.02. The molecule has 0 bridgehead atoms. The minimum absolute atomic E-state index is 0.129. The lowest BCUT2D eigenvalue weighted by atomic mass is 9.80. The summed E-state index contributed by atoms with van der Waals surface area (Å²) in [6.07, 6.45) is 3.42. The normalized spacial score (nSPS) is 28.7. The zero-order valence-corrected chi connectivity index (χ0v) is 12.3. The molecule has 0 heterocycles. The number of urea groups is 1. The number of hydrogen-bond donors (Lipinski definition) is 3. The lowest BCUT2D eigenvalue weighted by Gasteiger charge is -2.33. The summed E-state index contributed by atoms with van der Waals surface area (Å²) in [6.45, 7) is 5.24. The third kappa shape index (κ3) is 6.25. The zero-order valence-electron chi connectivity index (χ0n) is 12.3. The predicted octanol–water partition coefficient (Wildman–Crippen LogP) is 1.51. The van der Waals surface area contributed by atoms with Gasteiger partial charge in [0.05, 0.1) is 12.7 Å². The van der Waals surface area contributed by atoms with Crippen LogP contribution in [0.15, 0.2) is 0 Å². The smallest absolute Gasteiger partial charge is 0.315 e. The van der Waals surface area contributed by atoms with Crippen molar-refractivity contribution in [1.82, 2.24) is 10.6 Å². The van der Waals surface area contributed by atoms with E-state index in [0.717, 1.165) is 12.3 Å². The fourth-order valence-electron chi connectivity index (χ4n) is 2.73. The fraction of sp³-hybridized carbons (Fsp3) is 0.929. The highest BCUT2D eigenvalue weighted by Crippen LogP contribution is 2.28. The lowest BCUT2D eigenvalue weighted by molar-refractivity contribution is 0.0598. The van der Waals surface area contributed by atoms with Crippen LogP contribution in [0.4, 0.5) is 4.79 Å². The third-order valence-electron chi connectivity index (χ3n) is 3.87. The Kier molecular flexibility index (Phi) is 7.16. The molecule has 1 aliphatic rings. The SMILES string of the molecule is COCC(O)CCNC(=O)NC1CCC(C)CC1C. The van der Waals surface area contributed by atoms with Gasteiger partial charge < -0.3 is 20.5 Å². The Hall–Kier alpha value is -0.810. The molecule has 5 nitrogen and oxygen atoms in total. The van der Waals surface area contributed by atoms with Crippen molar-refractivity contribution in [2.45, 2.75) is 51.7 Å². The molecular formula is C14H28N2O3. The van der Waals surface area contributed by atoms with E-state index in [1.165, 1.54) is 12.8 Å². The Morgan fingerprint density at radius 3 is 2.79 bits per heavy atom. The second-order valence-electron chi connectivity index (χ2n) is 5.80. The molecule has 0 aromatic heterocycles. The molecule has 2 amide bonds. The van der Waals surface area contributed by atoms with Gasteiger partial charge in [0.25, 0.3) is 0 Å². The largest absolute Gasteiger partial charge is 0.391 e. The molecule has 19 heavy (non-hydrogen) atoms. The molecule has 1 rings (SSSR count). The van der Waals surface area contributed by atoms with Crippen molar-refractivity contribution in [2.24, 2.45) is 11.8 Å². The van der Waals surface area contributed by atoms with E-state index in [1.54, 1.807) is 7.11 Å². The number of nitrogens with one attached hydrogen (secondary N) is 2. The van der Waals surface area contributed by atoms with Gasteiger partial charge in [-0.15, -0.1) is 0 Å². The number of amides is 2. The first-order valence-corrected chi connectivity index (χ1v) is 7.24. The highest BCUT2D eigenvalue weighted by Gasteiger charge is 2.26. The molecule has 5 heteroatoms. The molecule has 112 valence electrons. The molecule has 0 aliphatic heterocycles. The zero-order chi connectivity index (χ0) is 14.3. The van der Waals surface area contributed by atoms with E-state index in [2.05, 4.69) is 24.5 Å². The maximum absolute atomic E-state index is 11.7. The van der Waals surface area contributed by atoms with E-state index in [4.69, 9.17) is 4.74 Å². The molecule has 0 radical (unpaired) electrons. The molecule has 3 N–H and O–H groups in total. The fourth-order valence-corrected chi connectivity index (χ4v) is 2.73. The number of methoxy groups -OCH3 is 1. The van der Waals surface area contributed by atoms with Crippen LogP contribution in [0.1, 0.15) is 39.5 Å². The molecule has 4 atom stereocenters. The highest BCUT2D eigenvalue weighted by atomic mass is 16.5. The van der Waals surface area contributed by atoms with Gasteiger partial charge in [-0.3, -0.25) is 0 Å². The van der Waals surface area contributed by atoms with Gasteiger partial charge in [-0.1, -0.05) is 13.8 Å². The number of carbonyl (C=O) groups excluding carboxylic acids is 1. The maximum atomic E-state index is 11.7. The monoisotopic (exact) mass is 272 g/mol. The minimum atomic E-state index is -0.514. The van der Waals surface area contributed by atoms with Crippen LogP contribution >= 0.6 is 0 Å². The standard InChI is InChI=1S/C14H28N2O3/c1-10-4-5-13(11(2)8-10)16-14(18)15-7-6-12(17)9-19-3/h10-13,17H,4-9H2,1-3H3,(H2,15,16,18). The van der Waals surface area contributed by atoms with Crippen LogP contribution in [0.25, 0.3) is 0 Å². The van der Waals surface area contributed by atoms with Gasteiger partial charge in [-0.05, 0) is 37.5 Å².